The van der Waals surface area contributed by atoms with E-state index in [2.05, 4.69) is 57.3 Å². The van der Waals surface area contributed by atoms with Crippen LogP contribution in [0.1, 0.15) is 64.6 Å². The molecule has 0 radical (unpaired) electrons. The summed E-state index contributed by atoms with van der Waals surface area (Å²) in [6, 6.07) is 9.09. The van der Waals surface area contributed by atoms with Crippen molar-refractivity contribution in [2.75, 3.05) is 0 Å². The fourth-order valence-electron chi connectivity index (χ4n) is 2.22. The molecule has 20 heavy (non-hydrogen) atoms. The van der Waals surface area contributed by atoms with Gasteiger partial charge in [0, 0.05) is 18.5 Å². The van der Waals surface area contributed by atoms with E-state index in [1.165, 1.54) is 11.1 Å². The molecule has 0 spiro atoms. The Morgan fingerprint density at radius 3 is 2.20 bits per heavy atom. The van der Waals surface area contributed by atoms with E-state index in [0.717, 1.165) is 0 Å². The van der Waals surface area contributed by atoms with Crippen molar-refractivity contribution >= 4 is 5.97 Å². The molecule has 0 saturated carbocycles. The topological polar surface area (TPSA) is 49.3 Å². The number of hydrogen-bond acceptors (Lipinski definition) is 2. The standard InChI is InChI=1S/C17H27NO2/c1-12(6-11-16(19)20)18-13(2)14-7-9-15(10-8-14)17(3,4)5/h7-10,12-13,18H,6,11H2,1-5H3,(H,19,20). The summed E-state index contributed by atoms with van der Waals surface area (Å²) in [7, 11) is 0. The summed E-state index contributed by atoms with van der Waals surface area (Å²) in [6.07, 6.45) is 0.865. The summed E-state index contributed by atoms with van der Waals surface area (Å²) in [5, 5.41) is 12.1. The molecule has 0 aliphatic rings. The lowest BCUT2D eigenvalue weighted by atomic mass is 9.86. The Morgan fingerprint density at radius 2 is 1.75 bits per heavy atom. The second-order valence-electron chi connectivity index (χ2n) is 6.59. The van der Waals surface area contributed by atoms with E-state index in [-0.39, 0.29) is 23.9 Å². The van der Waals surface area contributed by atoms with Crippen molar-refractivity contribution in [3.8, 4) is 0 Å². The number of carboxylic acids is 1. The van der Waals surface area contributed by atoms with Crippen molar-refractivity contribution in [3.63, 3.8) is 0 Å². The van der Waals surface area contributed by atoms with Crippen LogP contribution in [0.2, 0.25) is 0 Å². The number of aliphatic carboxylic acids is 1. The molecular formula is C17H27NO2. The molecule has 1 rings (SSSR count). The number of benzene rings is 1. The molecule has 2 N–H and O–H groups in total. The van der Waals surface area contributed by atoms with E-state index in [4.69, 9.17) is 5.11 Å². The van der Waals surface area contributed by atoms with Gasteiger partial charge in [0.15, 0.2) is 0 Å². The van der Waals surface area contributed by atoms with Crippen molar-refractivity contribution in [2.24, 2.45) is 0 Å². The molecule has 0 aromatic heterocycles. The molecule has 0 heterocycles. The van der Waals surface area contributed by atoms with Gasteiger partial charge in [0.2, 0.25) is 0 Å². The van der Waals surface area contributed by atoms with Gasteiger partial charge in [-0.05, 0) is 36.8 Å². The van der Waals surface area contributed by atoms with Crippen molar-refractivity contribution < 1.29 is 9.90 Å². The van der Waals surface area contributed by atoms with Gasteiger partial charge in [0.1, 0.15) is 0 Å². The molecule has 0 saturated heterocycles. The van der Waals surface area contributed by atoms with Crippen LogP contribution < -0.4 is 5.32 Å². The predicted molar refractivity (Wildman–Crippen MR) is 83.0 cm³/mol. The molecule has 0 aliphatic carbocycles. The molecule has 112 valence electrons. The molecular weight excluding hydrogens is 250 g/mol. The third kappa shape index (κ3) is 5.33. The van der Waals surface area contributed by atoms with E-state index < -0.39 is 5.97 Å². The summed E-state index contributed by atoms with van der Waals surface area (Å²) >= 11 is 0. The molecule has 0 aliphatic heterocycles. The zero-order valence-electron chi connectivity index (χ0n) is 13.2. The first-order chi connectivity index (χ1) is 9.20. The zero-order valence-corrected chi connectivity index (χ0v) is 13.2. The number of rotatable bonds is 6. The number of carboxylic acid groups (broad SMARTS) is 1. The highest BCUT2D eigenvalue weighted by atomic mass is 16.4. The SMILES string of the molecule is CC(CCC(=O)O)NC(C)c1ccc(C(C)(C)C)cc1. The fourth-order valence-corrected chi connectivity index (χ4v) is 2.22. The Hall–Kier alpha value is -1.35. The molecule has 0 bridgehead atoms. The van der Waals surface area contributed by atoms with Crippen LogP contribution >= 0.6 is 0 Å². The van der Waals surface area contributed by atoms with Gasteiger partial charge in [-0.3, -0.25) is 4.79 Å². The van der Waals surface area contributed by atoms with Gasteiger partial charge in [-0.2, -0.15) is 0 Å². The van der Waals surface area contributed by atoms with Crippen LogP contribution in [-0.2, 0) is 10.2 Å². The summed E-state index contributed by atoms with van der Waals surface area (Å²) in [6.45, 7) is 10.8. The van der Waals surface area contributed by atoms with Crippen molar-refractivity contribution in [2.45, 2.75) is 65.0 Å². The quantitative estimate of drug-likeness (QED) is 0.829. The van der Waals surface area contributed by atoms with Gasteiger partial charge < -0.3 is 10.4 Å². The molecule has 2 unspecified atom stereocenters. The van der Waals surface area contributed by atoms with Crippen LogP contribution in [0.25, 0.3) is 0 Å². The highest BCUT2D eigenvalue weighted by molar-refractivity contribution is 5.66. The highest BCUT2D eigenvalue weighted by Gasteiger charge is 2.15. The van der Waals surface area contributed by atoms with E-state index in [0.29, 0.717) is 6.42 Å². The van der Waals surface area contributed by atoms with Gasteiger partial charge in [-0.25, -0.2) is 0 Å². The van der Waals surface area contributed by atoms with E-state index in [1.54, 1.807) is 0 Å². The van der Waals surface area contributed by atoms with Crippen molar-refractivity contribution in [1.29, 1.82) is 0 Å². The molecule has 1 aromatic carbocycles. The Labute approximate surface area is 122 Å². The number of nitrogens with one attached hydrogen (secondary N) is 1. The maximum absolute atomic E-state index is 10.6. The van der Waals surface area contributed by atoms with Crippen LogP contribution in [0.3, 0.4) is 0 Å². The van der Waals surface area contributed by atoms with Crippen LogP contribution in [0.4, 0.5) is 0 Å². The van der Waals surface area contributed by atoms with Gasteiger partial charge in [-0.1, -0.05) is 45.0 Å². The summed E-state index contributed by atoms with van der Waals surface area (Å²) < 4.78 is 0. The summed E-state index contributed by atoms with van der Waals surface area (Å²) in [5.41, 5.74) is 2.73. The van der Waals surface area contributed by atoms with Gasteiger partial charge in [-0.15, -0.1) is 0 Å². The minimum Gasteiger partial charge on any atom is -0.481 e. The van der Waals surface area contributed by atoms with Crippen LogP contribution in [0.15, 0.2) is 24.3 Å². The van der Waals surface area contributed by atoms with Gasteiger partial charge in [0.05, 0.1) is 0 Å². The van der Waals surface area contributed by atoms with Crippen LogP contribution in [-0.4, -0.2) is 17.1 Å². The predicted octanol–water partition coefficient (Wildman–Crippen LogP) is 3.89. The van der Waals surface area contributed by atoms with Crippen LogP contribution in [0, 0.1) is 0 Å². The Bertz CT molecular complexity index is 431. The minimum absolute atomic E-state index is 0.171. The van der Waals surface area contributed by atoms with E-state index in [1.807, 2.05) is 6.92 Å². The first kappa shape index (κ1) is 16.7. The largest absolute Gasteiger partial charge is 0.481 e. The lowest BCUT2D eigenvalue weighted by Gasteiger charge is -2.22. The maximum Gasteiger partial charge on any atom is 0.303 e. The minimum atomic E-state index is -0.735. The Balaban J connectivity index is 2.59. The third-order valence-corrected chi connectivity index (χ3v) is 3.60. The van der Waals surface area contributed by atoms with Crippen molar-refractivity contribution in [3.05, 3.63) is 35.4 Å². The van der Waals surface area contributed by atoms with Crippen LogP contribution in [0.5, 0.6) is 0 Å². The third-order valence-electron chi connectivity index (χ3n) is 3.60. The molecule has 0 fully saturated rings. The Kier molecular flexibility index (Phi) is 5.75. The lowest BCUT2D eigenvalue weighted by molar-refractivity contribution is -0.137. The first-order valence-corrected chi connectivity index (χ1v) is 7.28. The normalized spacial score (nSPS) is 14.8. The van der Waals surface area contributed by atoms with Gasteiger partial charge in [0.25, 0.3) is 0 Å². The lowest BCUT2D eigenvalue weighted by Crippen LogP contribution is -2.29. The van der Waals surface area contributed by atoms with E-state index >= 15 is 0 Å². The Morgan fingerprint density at radius 1 is 1.20 bits per heavy atom. The molecule has 2 atom stereocenters. The van der Waals surface area contributed by atoms with Crippen molar-refractivity contribution in [1.82, 2.24) is 5.32 Å². The summed E-state index contributed by atoms with van der Waals surface area (Å²) in [4.78, 5) is 10.6. The molecule has 3 nitrogen and oxygen atoms in total. The smallest absolute Gasteiger partial charge is 0.303 e. The molecule has 0 amide bonds. The second-order valence-corrected chi connectivity index (χ2v) is 6.59. The van der Waals surface area contributed by atoms with E-state index in [9.17, 15) is 4.79 Å². The molecule has 1 aromatic rings. The number of hydrogen-bond donors (Lipinski definition) is 2. The fraction of sp³-hybridized carbons (Fsp3) is 0.588. The summed E-state index contributed by atoms with van der Waals surface area (Å²) in [5.74, 6) is -0.735. The zero-order chi connectivity index (χ0) is 15.3. The average molecular weight is 277 g/mol. The highest BCUT2D eigenvalue weighted by Crippen LogP contribution is 2.24. The second kappa shape index (κ2) is 6.89. The maximum atomic E-state index is 10.6. The monoisotopic (exact) mass is 277 g/mol. The molecule has 3 heteroatoms. The first-order valence-electron chi connectivity index (χ1n) is 7.28. The van der Waals surface area contributed by atoms with Gasteiger partial charge >= 0.3 is 5.97 Å². The number of carbonyl (C=O) groups is 1. The average Bonchev–Trinajstić information content (AvgIpc) is 2.35.